The second-order valence-electron chi connectivity index (χ2n) is 6.11. The molecule has 28 heavy (non-hydrogen) atoms. The van der Waals surface area contributed by atoms with E-state index in [9.17, 15) is 19.0 Å². The minimum atomic E-state index is -0.477. The monoisotopic (exact) mass is 380 g/mol. The van der Waals surface area contributed by atoms with Crippen LogP contribution in [0.1, 0.15) is 22.7 Å². The first kappa shape index (κ1) is 19.2. The van der Waals surface area contributed by atoms with Gasteiger partial charge in [-0.05, 0) is 42.0 Å². The molecule has 0 radical (unpaired) electrons. The highest BCUT2D eigenvalue weighted by Gasteiger charge is 2.09. The van der Waals surface area contributed by atoms with Crippen LogP contribution in [0.2, 0.25) is 0 Å². The molecule has 0 aliphatic rings. The summed E-state index contributed by atoms with van der Waals surface area (Å²) in [5.41, 5.74) is 1.39. The van der Waals surface area contributed by atoms with E-state index < -0.39 is 17.7 Å². The van der Waals surface area contributed by atoms with Crippen LogP contribution in [0.25, 0.3) is 0 Å². The molecule has 1 atom stereocenters. The van der Waals surface area contributed by atoms with Crippen LogP contribution < -0.4 is 0 Å². The van der Waals surface area contributed by atoms with Crippen molar-refractivity contribution in [3.8, 4) is 11.5 Å². The van der Waals surface area contributed by atoms with Crippen LogP contribution >= 0.6 is 0 Å². The fourth-order valence-corrected chi connectivity index (χ4v) is 2.59. The van der Waals surface area contributed by atoms with E-state index in [0.29, 0.717) is 0 Å². The van der Waals surface area contributed by atoms with Gasteiger partial charge in [0.2, 0.25) is 0 Å². The number of hydrogen-bond donors (Lipinski definition) is 2. The second kappa shape index (κ2) is 8.90. The summed E-state index contributed by atoms with van der Waals surface area (Å²) in [6, 6.07) is 16.2. The first-order chi connectivity index (χ1) is 13.5. The highest BCUT2D eigenvalue weighted by atomic mass is 19.1. The molecule has 0 unspecified atom stereocenters. The first-order valence-electron chi connectivity index (χ1n) is 8.58. The first-order valence-corrected chi connectivity index (χ1v) is 8.58. The lowest BCUT2D eigenvalue weighted by Crippen LogP contribution is -2.02. The Hall–Kier alpha value is -3.54. The van der Waals surface area contributed by atoms with Gasteiger partial charge in [0.1, 0.15) is 23.1 Å². The van der Waals surface area contributed by atoms with Gasteiger partial charge < -0.3 is 10.2 Å². The van der Waals surface area contributed by atoms with Gasteiger partial charge in [-0.2, -0.15) is 0 Å². The third-order valence-corrected chi connectivity index (χ3v) is 4.07. The van der Waals surface area contributed by atoms with Gasteiger partial charge in [-0.1, -0.05) is 30.3 Å². The van der Waals surface area contributed by atoms with Crippen LogP contribution in [-0.2, 0) is 0 Å². The van der Waals surface area contributed by atoms with Crippen molar-refractivity contribution < 1.29 is 19.0 Å². The van der Waals surface area contributed by atoms with E-state index in [0.717, 1.165) is 17.7 Å². The number of rotatable bonds is 6. The molecule has 0 heterocycles. The largest absolute Gasteiger partial charge is 0.507 e. The van der Waals surface area contributed by atoms with Gasteiger partial charge in [0.25, 0.3) is 0 Å². The van der Waals surface area contributed by atoms with Gasteiger partial charge in [0, 0.05) is 23.6 Å². The molecule has 3 aromatic carbocycles. The van der Waals surface area contributed by atoms with Crippen molar-refractivity contribution >= 4 is 12.4 Å². The zero-order chi connectivity index (χ0) is 19.9. The number of nitrogens with zero attached hydrogens (tertiary/aromatic N) is 2. The Morgan fingerprint density at radius 3 is 1.96 bits per heavy atom. The van der Waals surface area contributed by atoms with Gasteiger partial charge in [0.15, 0.2) is 0 Å². The molecule has 142 valence electrons. The van der Waals surface area contributed by atoms with Crippen molar-refractivity contribution in [1.82, 2.24) is 0 Å². The van der Waals surface area contributed by atoms with Crippen molar-refractivity contribution in [2.45, 2.75) is 6.04 Å². The number of benzene rings is 3. The third kappa shape index (κ3) is 5.01. The van der Waals surface area contributed by atoms with Crippen LogP contribution in [0.15, 0.2) is 76.7 Å². The maximum Gasteiger partial charge on any atom is 0.124 e. The van der Waals surface area contributed by atoms with Gasteiger partial charge in [-0.25, -0.2) is 8.78 Å². The predicted molar refractivity (Wildman–Crippen MR) is 105 cm³/mol. The Kier molecular flexibility index (Phi) is 6.11. The summed E-state index contributed by atoms with van der Waals surface area (Å²) in [5.74, 6) is -1.10. The zero-order valence-electron chi connectivity index (χ0n) is 14.8. The standard InChI is InChI=1S/C22H18F2N2O2/c23-18-6-8-21(27)16(10-18)12-25-14-20(15-4-2-1-3-5-15)26-13-17-11-19(24)7-9-22(17)28/h1-13,20,27-28H,14H2/t20-/m0/s1. The lowest BCUT2D eigenvalue weighted by atomic mass is 10.1. The van der Waals surface area contributed by atoms with Gasteiger partial charge in [0.05, 0.1) is 12.6 Å². The Bertz CT molecular complexity index is 1000. The maximum absolute atomic E-state index is 13.4. The molecule has 0 fully saturated rings. The highest BCUT2D eigenvalue weighted by Crippen LogP contribution is 2.21. The minimum absolute atomic E-state index is 0.0744. The van der Waals surface area contributed by atoms with Crippen molar-refractivity contribution in [3.05, 3.63) is 95.1 Å². The van der Waals surface area contributed by atoms with E-state index in [4.69, 9.17) is 0 Å². The number of aromatic hydroxyl groups is 2. The molecule has 4 nitrogen and oxygen atoms in total. The van der Waals surface area contributed by atoms with E-state index >= 15 is 0 Å². The van der Waals surface area contributed by atoms with Gasteiger partial charge in [-0.3, -0.25) is 9.98 Å². The van der Waals surface area contributed by atoms with Crippen LogP contribution in [0.3, 0.4) is 0 Å². The molecule has 0 aromatic heterocycles. The Labute approximate surface area is 161 Å². The predicted octanol–water partition coefficient (Wildman–Crippen LogP) is 4.66. The van der Waals surface area contributed by atoms with Crippen LogP contribution in [0.4, 0.5) is 8.78 Å². The summed E-state index contributed by atoms with van der Waals surface area (Å²) in [6.45, 7) is 0.215. The summed E-state index contributed by atoms with van der Waals surface area (Å²) in [5, 5.41) is 19.6. The molecule has 2 N–H and O–H groups in total. The van der Waals surface area contributed by atoms with Crippen LogP contribution in [0.5, 0.6) is 11.5 Å². The van der Waals surface area contributed by atoms with Crippen molar-refractivity contribution in [2.75, 3.05) is 6.54 Å². The van der Waals surface area contributed by atoms with Crippen molar-refractivity contribution in [2.24, 2.45) is 9.98 Å². The van der Waals surface area contributed by atoms with Crippen molar-refractivity contribution in [1.29, 1.82) is 0 Å². The van der Waals surface area contributed by atoms with E-state index in [1.54, 1.807) is 0 Å². The molecule has 0 saturated heterocycles. The Morgan fingerprint density at radius 2 is 1.36 bits per heavy atom. The number of hydrogen-bond acceptors (Lipinski definition) is 4. The Morgan fingerprint density at radius 1 is 0.786 bits per heavy atom. The summed E-state index contributed by atoms with van der Waals surface area (Å²) < 4.78 is 26.7. The average Bonchev–Trinajstić information content (AvgIpc) is 2.70. The normalized spacial score (nSPS) is 12.6. The molecule has 0 spiro atoms. The highest BCUT2D eigenvalue weighted by molar-refractivity contribution is 5.84. The second-order valence-corrected chi connectivity index (χ2v) is 6.11. The topological polar surface area (TPSA) is 65.2 Å². The van der Waals surface area contributed by atoms with E-state index in [1.807, 2.05) is 30.3 Å². The average molecular weight is 380 g/mol. The zero-order valence-corrected chi connectivity index (χ0v) is 14.8. The van der Waals surface area contributed by atoms with E-state index in [-0.39, 0.29) is 29.2 Å². The smallest absolute Gasteiger partial charge is 0.124 e. The summed E-state index contributed by atoms with van der Waals surface area (Å²) in [4.78, 5) is 8.71. The summed E-state index contributed by atoms with van der Waals surface area (Å²) >= 11 is 0. The lowest BCUT2D eigenvalue weighted by Gasteiger charge is -2.10. The number of phenolic OH excluding ortho intramolecular Hbond substituents is 2. The molecule has 0 bridgehead atoms. The van der Waals surface area contributed by atoms with Crippen LogP contribution in [0, 0.1) is 11.6 Å². The fourth-order valence-electron chi connectivity index (χ4n) is 2.59. The molecule has 0 saturated carbocycles. The van der Waals surface area contributed by atoms with E-state index in [1.165, 1.54) is 36.7 Å². The van der Waals surface area contributed by atoms with Gasteiger partial charge >= 0.3 is 0 Å². The van der Waals surface area contributed by atoms with Crippen molar-refractivity contribution in [3.63, 3.8) is 0 Å². The maximum atomic E-state index is 13.4. The third-order valence-electron chi connectivity index (χ3n) is 4.07. The SMILES string of the molecule is Oc1ccc(F)cc1C=NC[C@H](N=Cc1cc(F)ccc1O)c1ccccc1. The fraction of sp³-hybridized carbons (Fsp3) is 0.0909. The Balaban J connectivity index is 1.83. The van der Waals surface area contributed by atoms with E-state index in [2.05, 4.69) is 9.98 Å². The molecular weight excluding hydrogens is 362 g/mol. The molecule has 3 aromatic rings. The van der Waals surface area contributed by atoms with Crippen LogP contribution in [-0.4, -0.2) is 29.2 Å². The molecule has 3 rings (SSSR count). The molecular formula is C22H18F2N2O2. The van der Waals surface area contributed by atoms with Gasteiger partial charge in [-0.15, -0.1) is 0 Å². The molecule has 6 heteroatoms. The number of aliphatic imine (C=N–C) groups is 2. The quantitative estimate of drug-likeness (QED) is 0.611. The molecule has 0 aliphatic carbocycles. The number of phenols is 2. The summed E-state index contributed by atoms with van der Waals surface area (Å²) in [6.07, 6.45) is 2.77. The minimum Gasteiger partial charge on any atom is -0.507 e. The lowest BCUT2D eigenvalue weighted by molar-refractivity contribution is 0.471. The molecule has 0 amide bonds. The summed E-state index contributed by atoms with van der Waals surface area (Å²) in [7, 11) is 0. The molecule has 0 aliphatic heterocycles. The number of halogens is 2.